The molecule has 0 radical (unpaired) electrons. The largest absolute Gasteiger partial charge is 0.350 e. The van der Waals surface area contributed by atoms with Crippen LogP contribution in [-0.2, 0) is 6.42 Å². The van der Waals surface area contributed by atoms with Crippen molar-refractivity contribution in [1.82, 2.24) is 15.3 Å². The number of benzene rings is 1. The zero-order valence-corrected chi connectivity index (χ0v) is 11.2. The van der Waals surface area contributed by atoms with Crippen molar-refractivity contribution in [3.05, 3.63) is 58.6 Å². The highest BCUT2D eigenvalue weighted by atomic mass is 79.9. The number of hydrogen-bond acceptors (Lipinski definition) is 3. The van der Waals surface area contributed by atoms with E-state index in [4.69, 9.17) is 0 Å². The number of hydrogen-bond donors (Lipinski definition) is 1. The van der Waals surface area contributed by atoms with Gasteiger partial charge in [-0.05, 0) is 18.1 Å². The number of amides is 1. The second-order valence-corrected chi connectivity index (χ2v) is 4.54. The first-order valence-electron chi connectivity index (χ1n) is 5.55. The van der Waals surface area contributed by atoms with E-state index in [-0.39, 0.29) is 5.91 Å². The first kappa shape index (κ1) is 12.7. The predicted molar refractivity (Wildman–Crippen MR) is 72.2 cm³/mol. The van der Waals surface area contributed by atoms with Gasteiger partial charge in [0.25, 0.3) is 5.91 Å². The molecule has 0 fully saturated rings. The smallest absolute Gasteiger partial charge is 0.271 e. The zero-order chi connectivity index (χ0) is 12.8. The Morgan fingerprint density at radius 2 is 2.11 bits per heavy atom. The van der Waals surface area contributed by atoms with Gasteiger partial charge in [-0.1, -0.05) is 34.1 Å². The SMILES string of the molecule is O=C(NCCc1ccccc1Br)c1cnccn1. The lowest BCUT2D eigenvalue weighted by Gasteiger charge is -2.06. The molecule has 2 rings (SSSR count). The first-order valence-corrected chi connectivity index (χ1v) is 6.34. The minimum absolute atomic E-state index is 0.199. The highest BCUT2D eigenvalue weighted by Gasteiger charge is 2.06. The minimum Gasteiger partial charge on any atom is -0.350 e. The van der Waals surface area contributed by atoms with Crippen LogP contribution in [-0.4, -0.2) is 22.4 Å². The standard InChI is InChI=1S/C13H12BrN3O/c14-11-4-2-1-3-10(11)5-6-17-13(18)12-9-15-7-8-16-12/h1-4,7-9H,5-6H2,(H,17,18). The van der Waals surface area contributed by atoms with Crippen molar-refractivity contribution >= 4 is 21.8 Å². The number of carbonyl (C=O) groups excluding carboxylic acids is 1. The van der Waals surface area contributed by atoms with Gasteiger partial charge in [0.05, 0.1) is 6.20 Å². The molecule has 18 heavy (non-hydrogen) atoms. The van der Waals surface area contributed by atoms with Crippen LogP contribution >= 0.6 is 15.9 Å². The predicted octanol–water partition coefficient (Wildman–Crippen LogP) is 2.21. The third kappa shape index (κ3) is 3.37. The van der Waals surface area contributed by atoms with Crippen molar-refractivity contribution < 1.29 is 4.79 Å². The van der Waals surface area contributed by atoms with E-state index < -0.39 is 0 Å². The van der Waals surface area contributed by atoms with E-state index in [2.05, 4.69) is 31.2 Å². The molecule has 0 saturated carbocycles. The minimum atomic E-state index is -0.199. The van der Waals surface area contributed by atoms with Crippen LogP contribution in [0.1, 0.15) is 16.1 Å². The maximum absolute atomic E-state index is 11.7. The molecule has 5 heteroatoms. The highest BCUT2D eigenvalue weighted by molar-refractivity contribution is 9.10. The van der Waals surface area contributed by atoms with Crippen LogP contribution in [0.15, 0.2) is 47.3 Å². The van der Waals surface area contributed by atoms with Gasteiger partial charge < -0.3 is 5.32 Å². The molecule has 0 aliphatic rings. The van der Waals surface area contributed by atoms with E-state index in [0.717, 1.165) is 16.5 Å². The molecule has 4 nitrogen and oxygen atoms in total. The van der Waals surface area contributed by atoms with E-state index >= 15 is 0 Å². The second kappa shape index (κ2) is 6.26. The van der Waals surface area contributed by atoms with E-state index in [1.54, 1.807) is 0 Å². The Hall–Kier alpha value is -1.75. The Morgan fingerprint density at radius 3 is 2.83 bits per heavy atom. The van der Waals surface area contributed by atoms with Crippen LogP contribution in [0.4, 0.5) is 0 Å². The topological polar surface area (TPSA) is 54.9 Å². The van der Waals surface area contributed by atoms with Crippen molar-refractivity contribution in [2.45, 2.75) is 6.42 Å². The van der Waals surface area contributed by atoms with Crippen molar-refractivity contribution in [3.8, 4) is 0 Å². The number of rotatable bonds is 4. The molecule has 1 N–H and O–H groups in total. The average Bonchev–Trinajstić information content (AvgIpc) is 2.42. The summed E-state index contributed by atoms with van der Waals surface area (Å²) in [5.41, 5.74) is 1.50. The van der Waals surface area contributed by atoms with Crippen molar-refractivity contribution in [2.24, 2.45) is 0 Å². The first-order chi connectivity index (χ1) is 8.77. The molecule has 1 aromatic heterocycles. The van der Waals surface area contributed by atoms with Crippen LogP contribution in [0.25, 0.3) is 0 Å². The summed E-state index contributed by atoms with van der Waals surface area (Å²) in [6.45, 7) is 0.567. The van der Waals surface area contributed by atoms with Gasteiger partial charge >= 0.3 is 0 Å². The highest BCUT2D eigenvalue weighted by Crippen LogP contribution is 2.15. The summed E-state index contributed by atoms with van der Waals surface area (Å²) in [5, 5.41) is 2.81. The number of aromatic nitrogens is 2. The summed E-state index contributed by atoms with van der Waals surface area (Å²) in [7, 11) is 0. The van der Waals surface area contributed by atoms with Gasteiger partial charge in [0.1, 0.15) is 5.69 Å². The Bertz CT molecular complexity index is 531. The van der Waals surface area contributed by atoms with Crippen LogP contribution in [0.3, 0.4) is 0 Å². The van der Waals surface area contributed by atoms with E-state index in [0.29, 0.717) is 12.2 Å². The average molecular weight is 306 g/mol. The summed E-state index contributed by atoms with van der Waals surface area (Å²) in [5.74, 6) is -0.199. The van der Waals surface area contributed by atoms with Gasteiger partial charge in [-0.2, -0.15) is 0 Å². The van der Waals surface area contributed by atoms with Crippen molar-refractivity contribution in [1.29, 1.82) is 0 Å². The third-order valence-corrected chi connectivity index (χ3v) is 3.21. The maximum Gasteiger partial charge on any atom is 0.271 e. The number of nitrogens with one attached hydrogen (secondary N) is 1. The Kier molecular flexibility index (Phi) is 4.41. The number of halogens is 1. The lowest BCUT2D eigenvalue weighted by Crippen LogP contribution is -2.26. The molecule has 0 bridgehead atoms. The monoisotopic (exact) mass is 305 g/mol. The zero-order valence-electron chi connectivity index (χ0n) is 9.64. The van der Waals surface area contributed by atoms with Gasteiger partial charge in [0, 0.05) is 23.4 Å². The molecular weight excluding hydrogens is 294 g/mol. The molecule has 2 aromatic rings. The molecule has 1 heterocycles. The van der Waals surface area contributed by atoms with Gasteiger partial charge in [0.2, 0.25) is 0 Å². The van der Waals surface area contributed by atoms with E-state index in [1.165, 1.54) is 18.6 Å². The Balaban J connectivity index is 1.86. The van der Waals surface area contributed by atoms with Gasteiger partial charge in [-0.3, -0.25) is 9.78 Å². The number of nitrogens with zero attached hydrogens (tertiary/aromatic N) is 2. The molecule has 1 aromatic carbocycles. The lowest BCUT2D eigenvalue weighted by atomic mass is 10.1. The fraction of sp³-hybridized carbons (Fsp3) is 0.154. The molecule has 92 valence electrons. The fourth-order valence-corrected chi connectivity index (χ4v) is 2.00. The van der Waals surface area contributed by atoms with Crippen molar-refractivity contribution in [2.75, 3.05) is 6.54 Å². The summed E-state index contributed by atoms with van der Waals surface area (Å²) >= 11 is 3.47. The third-order valence-electron chi connectivity index (χ3n) is 2.43. The summed E-state index contributed by atoms with van der Waals surface area (Å²) < 4.78 is 1.05. The molecule has 1 amide bonds. The summed E-state index contributed by atoms with van der Waals surface area (Å²) in [6, 6.07) is 7.95. The summed E-state index contributed by atoms with van der Waals surface area (Å²) in [6.07, 6.45) is 5.27. The quantitative estimate of drug-likeness (QED) is 0.942. The Labute approximate surface area is 114 Å². The van der Waals surface area contributed by atoms with Crippen LogP contribution in [0, 0.1) is 0 Å². The van der Waals surface area contributed by atoms with Crippen LogP contribution in [0.2, 0.25) is 0 Å². The molecule has 0 aliphatic carbocycles. The molecular formula is C13H12BrN3O. The van der Waals surface area contributed by atoms with Gasteiger partial charge in [-0.25, -0.2) is 4.98 Å². The molecule has 0 aliphatic heterocycles. The van der Waals surface area contributed by atoms with Gasteiger partial charge in [0.15, 0.2) is 0 Å². The fourth-order valence-electron chi connectivity index (χ4n) is 1.52. The van der Waals surface area contributed by atoms with Crippen LogP contribution in [0.5, 0.6) is 0 Å². The molecule has 0 unspecified atom stereocenters. The van der Waals surface area contributed by atoms with E-state index in [1.807, 2.05) is 24.3 Å². The maximum atomic E-state index is 11.7. The van der Waals surface area contributed by atoms with Gasteiger partial charge in [-0.15, -0.1) is 0 Å². The summed E-state index contributed by atoms with van der Waals surface area (Å²) in [4.78, 5) is 19.5. The van der Waals surface area contributed by atoms with Crippen LogP contribution < -0.4 is 5.32 Å². The van der Waals surface area contributed by atoms with E-state index in [9.17, 15) is 4.79 Å². The molecule has 0 spiro atoms. The molecule has 0 atom stereocenters. The lowest BCUT2D eigenvalue weighted by molar-refractivity contribution is 0.0948. The normalized spacial score (nSPS) is 10.1. The Morgan fingerprint density at radius 1 is 1.28 bits per heavy atom. The van der Waals surface area contributed by atoms with Crippen molar-refractivity contribution in [3.63, 3.8) is 0 Å². The second-order valence-electron chi connectivity index (χ2n) is 3.69. The molecule has 0 saturated heterocycles. The number of carbonyl (C=O) groups is 1.